The third-order valence-electron chi connectivity index (χ3n) is 4.94. The number of alkyl halides is 4. The average molecular weight is 404 g/mol. The van der Waals surface area contributed by atoms with Gasteiger partial charge in [-0.3, -0.25) is 4.79 Å². The Morgan fingerprint density at radius 2 is 1.93 bits per heavy atom. The molecule has 0 spiro atoms. The van der Waals surface area contributed by atoms with E-state index in [1.54, 1.807) is 31.3 Å². The van der Waals surface area contributed by atoms with Crippen LogP contribution >= 0.6 is 0 Å². The van der Waals surface area contributed by atoms with Gasteiger partial charge in [-0.15, -0.1) is 10.2 Å². The summed E-state index contributed by atoms with van der Waals surface area (Å²) in [4.78, 5) is 14.0. The van der Waals surface area contributed by atoms with Crippen molar-refractivity contribution in [2.45, 2.75) is 25.3 Å². The minimum absolute atomic E-state index is 0.00313. The molecule has 0 saturated carbocycles. The molecule has 2 aromatic carbocycles. The Morgan fingerprint density at radius 1 is 1.17 bits per heavy atom. The molecule has 5 nitrogen and oxygen atoms in total. The summed E-state index contributed by atoms with van der Waals surface area (Å²) in [5, 5.41) is 7.40. The van der Waals surface area contributed by atoms with Gasteiger partial charge in [0.15, 0.2) is 12.0 Å². The number of benzene rings is 2. The van der Waals surface area contributed by atoms with Crippen molar-refractivity contribution >= 4 is 11.6 Å². The summed E-state index contributed by atoms with van der Waals surface area (Å²) in [6.45, 7) is -0.185. The van der Waals surface area contributed by atoms with Gasteiger partial charge >= 0.3 is 6.18 Å². The van der Waals surface area contributed by atoms with Crippen molar-refractivity contribution in [1.82, 2.24) is 14.8 Å². The number of fused-ring (bicyclic) bond motifs is 1. The van der Waals surface area contributed by atoms with Crippen molar-refractivity contribution in [2.24, 2.45) is 7.05 Å². The summed E-state index contributed by atoms with van der Waals surface area (Å²) in [5.41, 5.74) is 0.193. The number of carbonyl (C=O) groups is 1. The lowest BCUT2D eigenvalue weighted by Gasteiger charge is -2.18. The van der Waals surface area contributed by atoms with E-state index >= 15 is 0 Å². The van der Waals surface area contributed by atoms with Crippen molar-refractivity contribution in [3.05, 3.63) is 76.9 Å². The molecule has 29 heavy (non-hydrogen) atoms. The number of anilines is 1. The first kappa shape index (κ1) is 19.1. The highest BCUT2D eigenvalue weighted by molar-refractivity contribution is 6.10. The van der Waals surface area contributed by atoms with Crippen molar-refractivity contribution < 1.29 is 22.4 Å². The third kappa shape index (κ3) is 3.48. The molecule has 0 N–H and O–H groups in total. The maximum absolute atomic E-state index is 14.6. The summed E-state index contributed by atoms with van der Waals surface area (Å²) in [6, 6.07) is 10.2. The highest BCUT2D eigenvalue weighted by Crippen LogP contribution is 2.38. The first-order valence-electron chi connectivity index (χ1n) is 8.83. The highest BCUT2D eigenvalue weighted by Gasteiger charge is 2.39. The molecule has 1 unspecified atom stereocenters. The second-order valence-corrected chi connectivity index (χ2v) is 6.86. The minimum Gasteiger partial charge on any atom is -0.318 e. The minimum atomic E-state index is -4.54. The number of nitrogens with zero attached hydrogens (tertiary/aromatic N) is 4. The fourth-order valence-corrected chi connectivity index (χ4v) is 3.53. The molecule has 150 valence electrons. The van der Waals surface area contributed by atoms with Crippen molar-refractivity contribution in [3.63, 3.8) is 0 Å². The summed E-state index contributed by atoms with van der Waals surface area (Å²) in [6.07, 6.45) is -4.54. The van der Waals surface area contributed by atoms with E-state index < -0.39 is 23.8 Å². The van der Waals surface area contributed by atoms with Crippen LogP contribution in [0.25, 0.3) is 0 Å². The SMILES string of the molecule is Cn1cnnc1C(F)Cc1cccc(N2Cc3c(cccc3C(F)(F)F)C2=O)c1. The van der Waals surface area contributed by atoms with Crippen LogP contribution in [0.3, 0.4) is 0 Å². The van der Waals surface area contributed by atoms with Gasteiger partial charge in [0.2, 0.25) is 0 Å². The van der Waals surface area contributed by atoms with Gasteiger partial charge in [-0.25, -0.2) is 4.39 Å². The van der Waals surface area contributed by atoms with Gasteiger partial charge in [0.25, 0.3) is 5.91 Å². The lowest BCUT2D eigenvalue weighted by molar-refractivity contribution is -0.138. The smallest absolute Gasteiger partial charge is 0.318 e. The van der Waals surface area contributed by atoms with Gasteiger partial charge in [-0.2, -0.15) is 13.2 Å². The number of carbonyl (C=O) groups excluding carboxylic acids is 1. The quantitative estimate of drug-likeness (QED) is 0.611. The van der Waals surface area contributed by atoms with Crippen LogP contribution < -0.4 is 4.90 Å². The van der Waals surface area contributed by atoms with Gasteiger partial charge < -0.3 is 9.47 Å². The first-order valence-corrected chi connectivity index (χ1v) is 8.83. The molecule has 0 saturated heterocycles. The van der Waals surface area contributed by atoms with E-state index in [2.05, 4.69) is 10.2 Å². The van der Waals surface area contributed by atoms with E-state index in [-0.39, 0.29) is 29.9 Å². The lowest BCUT2D eigenvalue weighted by Crippen LogP contribution is -2.23. The predicted octanol–water partition coefficient (Wildman–Crippen LogP) is 4.25. The van der Waals surface area contributed by atoms with Crippen LogP contribution in [0.5, 0.6) is 0 Å². The number of hydrogen-bond acceptors (Lipinski definition) is 3. The molecular weight excluding hydrogens is 388 g/mol. The van der Waals surface area contributed by atoms with Gasteiger partial charge in [-0.1, -0.05) is 18.2 Å². The average Bonchev–Trinajstić information content (AvgIpc) is 3.24. The van der Waals surface area contributed by atoms with E-state index in [9.17, 15) is 22.4 Å². The maximum Gasteiger partial charge on any atom is 0.416 e. The normalized spacial score (nSPS) is 14.9. The summed E-state index contributed by atoms with van der Waals surface area (Å²) in [7, 11) is 1.64. The monoisotopic (exact) mass is 404 g/mol. The Bertz CT molecular complexity index is 1080. The molecule has 9 heteroatoms. The number of aromatic nitrogens is 3. The number of rotatable bonds is 4. The fraction of sp³-hybridized carbons (Fsp3) is 0.250. The molecule has 1 aliphatic heterocycles. The van der Waals surface area contributed by atoms with Crippen molar-refractivity contribution in [3.8, 4) is 0 Å². The fourth-order valence-electron chi connectivity index (χ4n) is 3.53. The van der Waals surface area contributed by atoms with Gasteiger partial charge in [0.1, 0.15) is 6.33 Å². The van der Waals surface area contributed by atoms with Crippen LogP contribution in [0.15, 0.2) is 48.8 Å². The van der Waals surface area contributed by atoms with Gasteiger partial charge in [0.05, 0.1) is 12.1 Å². The standard InChI is InChI=1S/C20H16F4N4O/c1-27-11-25-26-18(27)17(21)9-12-4-2-5-13(8-12)28-10-15-14(19(28)29)6-3-7-16(15)20(22,23)24/h2-8,11,17H,9-10H2,1H3. The topological polar surface area (TPSA) is 51.0 Å². The largest absolute Gasteiger partial charge is 0.416 e. The number of amides is 1. The Hall–Kier alpha value is -3.23. The summed E-state index contributed by atoms with van der Waals surface area (Å²) < 4.78 is 55.9. The maximum atomic E-state index is 14.6. The van der Waals surface area contributed by atoms with Crippen LogP contribution in [-0.2, 0) is 26.2 Å². The molecule has 0 fully saturated rings. The zero-order valence-corrected chi connectivity index (χ0v) is 15.3. The Labute approximate surface area is 163 Å². The van der Waals surface area contributed by atoms with E-state index in [1.165, 1.54) is 27.9 Å². The van der Waals surface area contributed by atoms with Crippen LogP contribution in [0, 0.1) is 0 Å². The van der Waals surface area contributed by atoms with Crippen LogP contribution in [0.2, 0.25) is 0 Å². The number of hydrogen-bond donors (Lipinski definition) is 0. The van der Waals surface area contributed by atoms with Crippen molar-refractivity contribution in [2.75, 3.05) is 4.90 Å². The highest BCUT2D eigenvalue weighted by atomic mass is 19.4. The summed E-state index contributed by atoms with van der Waals surface area (Å²) in [5.74, 6) is -0.330. The van der Waals surface area contributed by atoms with E-state index in [0.717, 1.165) is 6.07 Å². The van der Waals surface area contributed by atoms with E-state index in [4.69, 9.17) is 0 Å². The lowest BCUT2D eigenvalue weighted by atomic mass is 10.0. The Balaban J connectivity index is 1.61. The van der Waals surface area contributed by atoms with E-state index in [1.807, 2.05) is 0 Å². The summed E-state index contributed by atoms with van der Waals surface area (Å²) >= 11 is 0. The van der Waals surface area contributed by atoms with Crippen LogP contribution in [-0.4, -0.2) is 20.7 Å². The molecule has 2 heterocycles. The molecular formula is C20H16F4N4O. The number of halogens is 4. The first-order chi connectivity index (χ1) is 13.8. The van der Waals surface area contributed by atoms with Gasteiger partial charge in [-0.05, 0) is 35.4 Å². The van der Waals surface area contributed by atoms with Crippen LogP contribution in [0.1, 0.15) is 39.0 Å². The molecule has 0 radical (unpaired) electrons. The third-order valence-corrected chi connectivity index (χ3v) is 4.94. The van der Waals surface area contributed by atoms with Crippen molar-refractivity contribution in [1.29, 1.82) is 0 Å². The Morgan fingerprint density at radius 3 is 2.62 bits per heavy atom. The van der Waals surface area contributed by atoms with Crippen LogP contribution in [0.4, 0.5) is 23.2 Å². The molecule has 4 rings (SSSR count). The predicted molar refractivity (Wildman–Crippen MR) is 97.0 cm³/mol. The second kappa shape index (κ2) is 6.98. The molecule has 1 amide bonds. The Kier molecular flexibility index (Phi) is 4.60. The van der Waals surface area contributed by atoms with E-state index in [0.29, 0.717) is 11.3 Å². The molecule has 1 atom stereocenters. The molecule has 0 bridgehead atoms. The van der Waals surface area contributed by atoms with Gasteiger partial charge in [0, 0.05) is 24.7 Å². The number of aryl methyl sites for hydroxylation is 1. The molecule has 1 aromatic heterocycles. The molecule has 3 aromatic rings. The zero-order valence-electron chi connectivity index (χ0n) is 15.3. The molecule has 1 aliphatic rings. The zero-order chi connectivity index (χ0) is 20.8. The molecule has 0 aliphatic carbocycles. The second-order valence-electron chi connectivity index (χ2n) is 6.86.